The molecule has 1 aliphatic carbocycles. The van der Waals surface area contributed by atoms with Gasteiger partial charge in [-0.1, -0.05) is 27.2 Å². The topological polar surface area (TPSA) is 38.3 Å². The Morgan fingerprint density at radius 3 is 2.62 bits per heavy atom. The number of benzene rings is 1. The van der Waals surface area contributed by atoms with Gasteiger partial charge in [0.2, 0.25) is 0 Å². The molecule has 116 valence electrons. The van der Waals surface area contributed by atoms with E-state index < -0.39 is 0 Å². The van der Waals surface area contributed by atoms with Gasteiger partial charge in [-0.05, 0) is 55.4 Å². The minimum atomic E-state index is 0.0257. The van der Waals surface area contributed by atoms with Crippen molar-refractivity contribution in [2.45, 2.75) is 58.9 Å². The smallest absolute Gasteiger partial charge is 0.251 e. The number of rotatable bonds is 6. The van der Waals surface area contributed by atoms with Crippen LogP contribution in [0.3, 0.4) is 0 Å². The monoisotopic (exact) mass is 289 g/mol. The Hall–Kier alpha value is -1.51. The normalized spacial score (nSPS) is 20.2. The lowest BCUT2D eigenvalue weighted by Crippen LogP contribution is -2.33. The molecule has 0 saturated heterocycles. The summed E-state index contributed by atoms with van der Waals surface area (Å²) in [6.07, 6.45) is 5.51. The minimum Gasteiger partial charge on any atom is -0.494 e. The fraction of sp³-hybridized carbons (Fsp3) is 0.611. The Balaban J connectivity index is 1.85. The van der Waals surface area contributed by atoms with Crippen molar-refractivity contribution < 1.29 is 9.53 Å². The summed E-state index contributed by atoms with van der Waals surface area (Å²) in [4.78, 5) is 12.2. The number of carbonyl (C=O) groups excluding carboxylic acids is 1. The summed E-state index contributed by atoms with van der Waals surface area (Å²) in [5.74, 6) is 0.861. The molecule has 21 heavy (non-hydrogen) atoms. The van der Waals surface area contributed by atoms with Crippen molar-refractivity contribution in [3.63, 3.8) is 0 Å². The molecule has 1 aliphatic rings. The zero-order valence-corrected chi connectivity index (χ0v) is 13.4. The average Bonchev–Trinajstić information content (AvgIpc) is 2.79. The molecule has 1 N–H and O–H groups in total. The highest BCUT2D eigenvalue weighted by Gasteiger charge is 2.31. The highest BCUT2D eigenvalue weighted by atomic mass is 16.5. The van der Waals surface area contributed by atoms with Gasteiger partial charge in [0.25, 0.3) is 5.91 Å². The molecule has 1 amide bonds. The predicted molar refractivity (Wildman–Crippen MR) is 85.7 cm³/mol. The van der Waals surface area contributed by atoms with Crippen LogP contribution >= 0.6 is 0 Å². The van der Waals surface area contributed by atoms with Gasteiger partial charge < -0.3 is 10.1 Å². The van der Waals surface area contributed by atoms with Crippen molar-refractivity contribution in [1.82, 2.24) is 5.32 Å². The van der Waals surface area contributed by atoms with Crippen molar-refractivity contribution in [2.24, 2.45) is 5.41 Å². The van der Waals surface area contributed by atoms with Gasteiger partial charge in [0.1, 0.15) is 5.75 Å². The lowest BCUT2D eigenvalue weighted by atomic mass is 9.92. The fourth-order valence-corrected chi connectivity index (χ4v) is 2.86. The zero-order valence-electron chi connectivity index (χ0n) is 13.4. The second-order valence-electron chi connectivity index (χ2n) is 6.80. The van der Waals surface area contributed by atoms with Crippen LogP contribution in [0, 0.1) is 5.41 Å². The molecular weight excluding hydrogens is 262 g/mol. The second-order valence-corrected chi connectivity index (χ2v) is 6.80. The Morgan fingerprint density at radius 1 is 1.33 bits per heavy atom. The molecule has 1 fully saturated rings. The first-order chi connectivity index (χ1) is 10.00. The zero-order chi connectivity index (χ0) is 15.3. The van der Waals surface area contributed by atoms with Crippen molar-refractivity contribution in [3.8, 4) is 5.75 Å². The number of amides is 1. The van der Waals surface area contributed by atoms with E-state index in [9.17, 15) is 4.79 Å². The first-order valence-electron chi connectivity index (χ1n) is 8.04. The van der Waals surface area contributed by atoms with Gasteiger partial charge in [0.05, 0.1) is 6.61 Å². The van der Waals surface area contributed by atoms with Gasteiger partial charge in [-0.2, -0.15) is 0 Å². The number of unbranched alkanes of at least 4 members (excludes halogenated alkanes) is 1. The predicted octanol–water partition coefficient (Wildman–Crippen LogP) is 4.17. The number of ether oxygens (including phenoxy) is 1. The molecule has 1 aromatic rings. The van der Waals surface area contributed by atoms with Crippen molar-refractivity contribution in [3.05, 3.63) is 29.8 Å². The summed E-state index contributed by atoms with van der Waals surface area (Å²) < 4.78 is 5.61. The number of nitrogens with one attached hydrogen (secondary N) is 1. The van der Waals surface area contributed by atoms with E-state index in [0.29, 0.717) is 17.0 Å². The van der Waals surface area contributed by atoms with E-state index in [1.165, 1.54) is 6.42 Å². The van der Waals surface area contributed by atoms with Gasteiger partial charge in [-0.25, -0.2) is 0 Å². The Kier molecular flexibility index (Phi) is 5.27. The number of hydrogen-bond donors (Lipinski definition) is 1. The van der Waals surface area contributed by atoms with Crippen LogP contribution < -0.4 is 10.1 Å². The molecule has 0 aliphatic heterocycles. The summed E-state index contributed by atoms with van der Waals surface area (Å²) in [6.45, 7) is 7.41. The molecule has 1 atom stereocenters. The molecule has 3 nitrogen and oxygen atoms in total. The van der Waals surface area contributed by atoms with Crippen LogP contribution in [0.1, 0.15) is 63.2 Å². The summed E-state index contributed by atoms with van der Waals surface area (Å²) in [5, 5.41) is 3.14. The molecular formula is C18H27NO2. The van der Waals surface area contributed by atoms with Gasteiger partial charge in [0, 0.05) is 11.6 Å². The summed E-state index contributed by atoms with van der Waals surface area (Å²) >= 11 is 0. The lowest BCUT2D eigenvalue weighted by molar-refractivity contribution is 0.0936. The Morgan fingerprint density at radius 2 is 2.05 bits per heavy atom. The molecule has 3 heteroatoms. The van der Waals surface area contributed by atoms with Crippen LogP contribution in [0.25, 0.3) is 0 Å². The molecule has 1 unspecified atom stereocenters. The summed E-state index contributed by atoms with van der Waals surface area (Å²) in [5.41, 5.74) is 1.07. The van der Waals surface area contributed by atoms with Gasteiger partial charge in [-0.15, -0.1) is 0 Å². The quantitative estimate of drug-likeness (QED) is 0.798. The molecule has 0 heterocycles. The highest BCUT2D eigenvalue weighted by molar-refractivity contribution is 5.94. The molecule has 0 spiro atoms. The van der Waals surface area contributed by atoms with Crippen LogP contribution in [0.15, 0.2) is 24.3 Å². The minimum absolute atomic E-state index is 0.0257. The van der Waals surface area contributed by atoms with E-state index in [2.05, 4.69) is 26.1 Å². The molecule has 2 rings (SSSR count). The number of hydrogen-bond acceptors (Lipinski definition) is 2. The maximum atomic E-state index is 12.2. The fourth-order valence-electron chi connectivity index (χ4n) is 2.86. The van der Waals surface area contributed by atoms with Crippen molar-refractivity contribution in [1.29, 1.82) is 0 Å². The van der Waals surface area contributed by atoms with E-state index in [-0.39, 0.29) is 5.91 Å². The average molecular weight is 289 g/mol. The van der Waals surface area contributed by atoms with E-state index in [1.54, 1.807) is 0 Å². The maximum absolute atomic E-state index is 12.2. The maximum Gasteiger partial charge on any atom is 0.251 e. The first kappa shape index (κ1) is 15.9. The SMILES string of the molecule is CCCCOc1ccc(C(=O)NC2CCC(C)(C)C2)cc1. The third kappa shape index (κ3) is 4.76. The van der Waals surface area contributed by atoms with Gasteiger partial charge >= 0.3 is 0 Å². The lowest BCUT2D eigenvalue weighted by Gasteiger charge is -2.18. The third-order valence-electron chi connectivity index (χ3n) is 4.19. The number of carbonyl (C=O) groups is 1. The largest absolute Gasteiger partial charge is 0.494 e. The molecule has 1 saturated carbocycles. The molecule has 0 radical (unpaired) electrons. The highest BCUT2D eigenvalue weighted by Crippen LogP contribution is 2.36. The molecule has 0 aromatic heterocycles. The summed E-state index contributed by atoms with van der Waals surface area (Å²) in [6, 6.07) is 7.76. The van der Waals surface area contributed by atoms with Crippen LogP contribution in [0.2, 0.25) is 0 Å². The summed E-state index contributed by atoms with van der Waals surface area (Å²) in [7, 11) is 0. The van der Waals surface area contributed by atoms with E-state index in [0.717, 1.165) is 38.0 Å². The third-order valence-corrected chi connectivity index (χ3v) is 4.19. The van der Waals surface area contributed by atoms with E-state index in [4.69, 9.17) is 4.74 Å². The van der Waals surface area contributed by atoms with Crippen molar-refractivity contribution in [2.75, 3.05) is 6.61 Å². The van der Waals surface area contributed by atoms with Crippen LogP contribution in [-0.4, -0.2) is 18.6 Å². The van der Waals surface area contributed by atoms with E-state index in [1.807, 2.05) is 24.3 Å². The standard InChI is InChI=1S/C18H27NO2/c1-4-5-12-21-16-8-6-14(7-9-16)17(20)19-15-10-11-18(2,3)13-15/h6-9,15H,4-5,10-13H2,1-3H3,(H,19,20). The van der Waals surface area contributed by atoms with E-state index >= 15 is 0 Å². The van der Waals surface area contributed by atoms with Gasteiger partial charge in [0.15, 0.2) is 0 Å². The molecule has 0 bridgehead atoms. The second kappa shape index (κ2) is 6.97. The molecule has 1 aromatic carbocycles. The van der Waals surface area contributed by atoms with Crippen molar-refractivity contribution >= 4 is 5.91 Å². The Labute approximate surface area is 128 Å². The van der Waals surface area contributed by atoms with Crippen LogP contribution in [0.5, 0.6) is 5.75 Å². The van der Waals surface area contributed by atoms with Gasteiger partial charge in [-0.3, -0.25) is 4.79 Å². The first-order valence-corrected chi connectivity index (χ1v) is 8.04. The van der Waals surface area contributed by atoms with Crippen LogP contribution in [0.4, 0.5) is 0 Å². The van der Waals surface area contributed by atoms with Crippen LogP contribution in [-0.2, 0) is 0 Å². The Bertz CT molecular complexity index is 465.